The van der Waals surface area contributed by atoms with Gasteiger partial charge in [0.25, 0.3) is 0 Å². The number of nitrogens with zero attached hydrogens (tertiary/aromatic N) is 1. The van der Waals surface area contributed by atoms with Crippen LogP contribution in [0.3, 0.4) is 0 Å². The highest BCUT2D eigenvalue weighted by Crippen LogP contribution is 2.34. The number of carbonyl (C=O) groups is 2. The fourth-order valence-electron chi connectivity index (χ4n) is 3.03. The Morgan fingerprint density at radius 3 is 2.52 bits per heavy atom. The van der Waals surface area contributed by atoms with Crippen LogP contribution in [0.2, 0.25) is 0 Å². The van der Waals surface area contributed by atoms with Crippen LogP contribution in [0.4, 0.5) is 0 Å². The van der Waals surface area contributed by atoms with Crippen molar-refractivity contribution in [3.8, 4) is 0 Å². The summed E-state index contributed by atoms with van der Waals surface area (Å²) in [5.41, 5.74) is 0. The van der Waals surface area contributed by atoms with Crippen molar-refractivity contribution in [2.45, 2.75) is 58.7 Å². The molecule has 0 radical (unpaired) electrons. The Morgan fingerprint density at radius 2 is 2.05 bits per heavy atom. The lowest BCUT2D eigenvalue weighted by atomic mass is 9.93. The Morgan fingerprint density at radius 1 is 1.33 bits per heavy atom. The minimum absolute atomic E-state index is 0.00926. The summed E-state index contributed by atoms with van der Waals surface area (Å²) >= 11 is 1.65. The number of hydrogen-bond acceptors (Lipinski definition) is 3. The molecule has 1 fully saturated rings. The van der Waals surface area contributed by atoms with E-state index < -0.39 is 0 Å². The van der Waals surface area contributed by atoms with Gasteiger partial charge in [-0.05, 0) is 30.2 Å². The van der Waals surface area contributed by atoms with Crippen LogP contribution >= 0.6 is 11.3 Å². The maximum absolute atomic E-state index is 12.8. The van der Waals surface area contributed by atoms with E-state index >= 15 is 0 Å². The molecule has 5 heteroatoms. The first-order chi connectivity index (χ1) is 10.0. The molecule has 1 aliphatic heterocycles. The topological polar surface area (TPSA) is 49.4 Å². The molecule has 0 aliphatic carbocycles. The molecule has 2 heterocycles. The van der Waals surface area contributed by atoms with Gasteiger partial charge in [0.05, 0.1) is 6.04 Å². The highest BCUT2D eigenvalue weighted by atomic mass is 32.1. The van der Waals surface area contributed by atoms with E-state index in [1.165, 1.54) is 0 Å². The average molecular weight is 308 g/mol. The van der Waals surface area contributed by atoms with Crippen molar-refractivity contribution in [1.29, 1.82) is 0 Å². The Hall–Kier alpha value is -1.36. The maximum atomic E-state index is 12.8. The van der Waals surface area contributed by atoms with Crippen molar-refractivity contribution >= 4 is 23.2 Å². The van der Waals surface area contributed by atoms with Gasteiger partial charge in [-0.1, -0.05) is 33.8 Å². The molecule has 4 nitrogen and oxygen atoms in total. The third-order valence-corrected chi connectivity index (χ3v) is 5.04. The fourth-order valence-corrected chi connectivity index (χ4v) is 3.93. The Balaban J connectivity index is 2.41. The highest BCUT2D eigenvalue weighted by molar-refractivity contribution is 7.10. The second-order valence-corrected chi connectivity index (χ2v) is 6.82. The first-order valence-electron chi connectivity index (χ1n) is 7.67. The molecule has 1 saturated heterocycles. The van der Waals surface area contributed by atoms with Crippen LogP contribution in [0.25, 0.3) is 0 Å². The van der Waals surface area contributed by atoms with Gasteiger partial charge in [-0.2, -0.15) is 0 Å². The summed E-state index contributed by atoms with van der Waals surface area (Å²) in [5, 5.41) is 4.90. The Kier molecular flexibility index (Phi) is 5.04. The van der Waals surface area contributed by atoms with Crippen LogP contribution in [-0.4, -0.2) is 28.8 Å². The van der Waals surface area contributed by atoms with E-state index in [0.717, 1.165) is 11.3 Å². The molecule has 0 aromatic carbocycles. The Bertz CT molecular complexity index is 498. The SMILES string of the molecule is CCC1NC(=O)C(C(C)C)N(C(CC)c2cccs2)C1=O. The van der Waals surface area contributed by atoms with Crippen LogP contribution in [0.15, 0.2) is 17.5 Å². The van der Waals surface area contributed by atoms with E-state index in [-0.39, 0.29) is 35.9 Å². The van der Waals surface area contributed by atoms with Crippen molar-refractivity contribution < 1.29 is 9.59 Å². The number of rotatable bonds is 5. The first-order valence-corrected chi connectivity index (χ1v) is 8.55. The van der Waals surface area contributed by atoms with Crippen molar-refractivity contribution in [2.75, 3.05) is 0 Å². The lowest BCUT2D eigenvalue weighted by molar-refractivity contribution is -0.154. The number of piperazine rings is 1. The zero-order valence-corrected chi connectivity index (χ0v) is 13.9. The molecule has 3 unspecified atom stereocenters. The van der Waals surface area contributed by atoms with E-state index in [1.807, 2.05) is 37.1 Å². The molecular weight excluding hydrogens is 284 g/mol. The predicted molar refractivity (Wildman–Crippen MR) is 85.0 cm³/mol. The molecule has 1 aromatic rings. The average Bonchev–Trinajstić information content (AvgIpc) is 2.96. The normalized spacial score (nSPS) is 24.3. The van der Waals surface area contributed by atoms with Gasteiger partial charge in [-0.25, -0.2) is 0 Å². The van der Waals surface area contributed by atoms with Gasteiger partial charge in [0, 0.05) is 4.88 Å². The molecule has 0 bridgehead atoms. The van der Waals surface area contributed by atoms with Crippen molar-refractivity contribution in [2.24, 2.45) is 5.92 Å². The highest BCUT2D eigenvalue weighted by Gasteiger charge is 2.44. The molecule has 2 rings (SSSR count). The molecule has 21 heavy (non-hydrogen) atoms. The van der Waals surface area contributed by atoms with Gasteiger partial charge in [0.1, 0.15) is 12.1 Å². The molecule has 3 atom stereocenters. The van der Waals surface area contributed by atoms with Crippen molar-refractivity contribution in [3.05, 3.63) is 22.4 Å². The number of carbonyl (C=O) groups excluding carboxylic acids is 2. The number of hydrogen-bond donors (Lipinski definition) is 1. The molecule has 0 spiro atoms. The zero-order chi connectivity index (χ0) is 15.6. The lowest BCUT2D eigenvalue weighted by Gasteiger charge is -2.44. The van der Waals surface area contributed by atoms with Crippen LogP contribution in [0, 0.1) is 5.92 Å². The molecule has 1 aliphatic rings. The quantitative estimate of drug-likeness (QED) is 0.909. The summed E-state index contributed by atoms with van der Waals surface area (Å²) in [7, 11) is 0. The van der Waals surface area contributed by atoms with Crippen molar-refractivity contribution in [1.82, 2.24) is 10.2 Å². The third kappa shape index (κ3) is 2.98. The Labute approximate surface area is 130 Å². The van der Waals surface area contributed by atoms with E-state index in [9.17, 15) is 9.59 Å². The van der Waals surface area contributed by atoms with E-state index in [4.69, 9.17) is 0 Å². The monoisotopic (exact) mass is 308 g/mol. The largest absolute Gasteiger partial charge is 0.343 e. The third-order valence-electron chi connectivity index (χ3n) is 4.07. The van der Waals surface area contributed by atoms with Gasteiger partial charge in [-0.3, -0.25) is 9.59 Å². The predicted octanol–water partition coefficient (Wildman–Crippen LogP) is 2.96. The minimum Gasteiger partial charge on any atom is -0.343 e. The molecule has 0 saturated carbocycles. The fraction of sp³-hybridized carbons (Fsp3) is 0.625. The molecule has 1 N–H and O–H groups in total. The van der Waals surface area contributed by atoms with Crippen molar-refractivity contribution in [3.63, 3.8) is 0 Å². The van der Waals surface area contributed by atoms with E-state index in [1.54, 1.807) is 11.3 Å². The van der Waals surface area contributed by atoms with E-state index in [0.29, 0.717) is 6.42 Å². The van der Waals surface area contributed by atoms with Gasteiger partial charge < -0.3 is 10.2 Å². The smallest absolute Gasteiger partial charge is 0.246 e. The van der Waals surface area contributed by atoms with Crippen LogP contribution in [-0.2, 0) is 9.59 Å². The van der Waals surface area contributed by atoms with Gasteiger partial charge in [0.15, 0.2) is 0 Å². The number of amides is 2. The summed E-state index contributed by atoms with van der Waals surface area (Å²) in [6.07, 6.45) is 1.45. The van der Waals surface area contributed by atoms with Crippen LogP contribution in [0.1, 0.15) is 51.5 Å². The number of thiophene rings is 1. The van der Waals surface area contributed by atoms with Crippen LogP contribution < -0.4 is 5.32 Å². The molecular formula is C16H24N2O2S. The standard InChI is InChI=1S/C16H24N2O2S/c1-5-11-16(20)18(14(10(3)4)15(19)17-11)12(6-2)13-8-7-9-21-13/h7-12,14H,5-6H2,1-4H3,(H,17,19). The van der Waals surface area contributed by atoms with Gasteiger partial charge >= 0.3 is 0 Å². The molecule has 2 amide bonds. The number of nitrogens with one attached hydrogen (secondary N) is 1. The summed E-state index contributed by atoms with van der Waals surface area (Å²) in [4.78, 5) is 28.3. The minimum atomic E-state index is -0.387. The van der Waals surface area contributed by atoms with Gasteiger partial charge in [-0.15, -0.1) is 11.3 Å². The second-order valence-electron chi connectivity index (χ2n) is 5.84. The first kappa shape index (κ1) is 16.0. The maximum Gasteiger partial charge on any atom is 0.246 e. The van der Waals surface area contributed by atoms with E-state index in [2.05, 4.69) is 18.3 Å². The lowest BCUT2D eigenvalue weighted by Crippen LogP contribution is -2.65. The van der Waals surface area contributed by atoms with Gasteiger partial charge in [0.2, 0.25) is 11.8 Å². The summed E-state index contributed by atoms with van der Waals surface area (Å²) in [6.45, 7) is 8.00. The van der Waals surface area contributed by atoms with Crippen LogP contribution in [0.5, 0.6) is 0 Å². The zero-order valence-electron chi connectivity index (χ0n) is 13.1. The summed E-state index contributed by atoms with van der Waals surface area (Å²) in [6, 6.07) is 3.27. The summed E-state index contributed by atoms with van der Waals surface area (Å²) < 4.78 is 0. The molecule has 116 valence electrons. The molecule has 1 aromatic heterocycles. The summed E-state index contributed by atoms with van der Waals surface area (Å²) in [5.74, 6) is 0.128. The second kappa shape index (κ2) is 6.60.